The number of hydrogen-bond acceptors (Lipinski definition) is 3. The number of fused-ring (bicyclic) bond motifs is 5. The number of H-pyrrole nitrogens is 1. The maximum absolute atomic E-state index is 12.5. The summed E-state index contributed by atoms with van der Waals surface area (Å²) in [5.74, 6) is 5.13. The number of aryl methyl sites for hydroxylation is 1. The van der Waals surface area contributed by atoms with Crippen molar-refractivity contribution in [2.75, 3.05) is 0 Å². The lowest BCUT2D eigenvalue weighted by Crippen LogP contribution is -2.51. The zero-order valence-electron chi connectivity index (χ0n) is 24.2. The summed E-state index contributed by atoms with van der Waals surface area (Å²) < 4.78 is 5.98. The maximum Gasteiger partial charge on any atom is 0.306 e. The molecule has 1 aromatic heterocycles. The Labute approximate surface area is 225 Å². The Kier molecular flexibility index (Phi) is 7.95. The Morgan fingerprint density at radius 3 is 2.70 bits per heavy atom. The van der Waals surface area contributed by atoms with Crippen molar-refractivity contribution in [3.8, 4) is 0 Å². The molecule has 0 amide bonds. The minimum absolute atomic E-state index is 0.0570. The molecule has 1 aromatic rings. The second kappa shape index (κ2) is 10.9. The summed E-state index contributed by atoms with van der Waals surface area (Å²) >= 11 is 0. The summed E-state index contributed by atoms with van der Waals surface area (Å²) in [5, 5.41) is 0. The monoisotopic (exact) mass is 508 g/mol. The molecule has 206 valence electrons. The third-order valence-corrected chi connectivity index (χ3v) is 11.7. The number of nitrogens with one attached hydrogen (secondary N) is 1. The summed E-state index contributed by atoms with van der Waals surface area (Å²) in [6.45, 7) is 12.6. The van der Waals surface area contributed by atoms with Gasteiger partial charge in [0.25, 0.3) is 0 Å². The molecule has 0 aromatic carbocycles. The molecule has 4 heteroatoms. The average Bonchev–Trinajstić information content (AvgIpc) is 3.50. The molecule has 0 bridgehead atoms. The van der Waals surface area contributed by atoms with E-state index >= 15 is 0 Å². The predicted molar refractivity (Wildman–Crippen MR) is 150 cm³/mol. The van der Waals surface area contributed by atoms with E-state index in [-0.39, 0.29) is 12.1 Å². The van der Waals surface area contributed by atoms with Gasteiger partial charge in [-0.3, -0.25) is 4.79 Å². The van der Waals surface area contributed by atoms with Gasteiger partial charge in [-0.15, -0.1) is 0 Å². The lowest BCUT2D eigenvalue weighted by Gasteiger charge is -2.58. The molecular weight excluding hydrogens is 456 g/mol. The number of carbonyl (C=O) groups is 1. The second-order valence-corrected chi connectivity index (χ2v) is 14.2. The van der Waals surface area contributed by atoms with Crippen LogP contribution in [0.15, 0.2) is 24.2 Å². The number of aromatic amines is 1. The van der Waals surface area contributed by atoms with E-state index in [9.17, 15) is 4.79 Å². The SMILES string of the molecule is CC(C)CCCC(C)C1CCC2C3CC=C4CC(OC(=O)CCc5cnc[nH]5)CCC4(C)C3CCC12C. The van der Waals surface area contributed by atoms with Crippen LogP contribution in [0.25, 0.3) is 0 Å². The van der Waals surface area contributed by atoms with Gasteiger partial charge in [0.15, 0.2) is 0 Å². The first-order valence-corrected chi connectivity index (χ1v) is 15.6. The smallest absolute Gasteiger partial charge is 0.306 e. The number of esters is 1. The van der Waals surface area contributed by atoms with Crippen LogP contribution >= 0.6 is 0 Å². The molecule has 3 saturated carbocycles. The summed E-state index contributed by atoms with van der Waals surface area (Å²) in [5.41, 5.74) is 3.45. The van der Waals surface area contributed by atoms with E-state index in [0.29, 0.717) is 23.7 Å². The highest BCUT2D eigenvalue weighted by molar-refractivity contribution is 5.69. The van der Waals surface area contributed by atoms with Crippen molar-refractivity contribution >= 4 is 5.97 Å². The van der Waals surface area contributed by atoms with Crippen molar-refractivity contribution in [1.29, 1.82) is 0 Å². The van der Waals surface area contributed by atoms with E-state index < -0.39 is 0 Å². The zero-order chi connectivity index (χ0) is 26.2. The topological polar surface area (TPSA) is 55.0 Å². The fraction of sp³-hybridized carbons (Fsp3) is 0.818. The Morgan fingerprint density at radius 1 is 1.11 bits per heavy atom. The summed E-state index contributed by atoms with van der Waals surface area (Å²) in [4.78, 5) is 19.7. The van der Waals surface area contributed by atoms with E-state index in [1.807, 2.05) is 0 Å². The van der Waals surface area contributed by atoms with Crippen LogP contribution in [0, 0.1) is 46.3 Å². The number of imidazole rings is 1. The van der Waals surface area contributed by atoms with Gasteiger partial charge in [-0.2, -0.15) is 0 Å². The minimum Gasteiger partial charge on any atom is -0.462 e. The average molecular weight is 509 g/mol. The van der Waals surface area contributed by atoms with E-state index in [1.54, 1.807) is 18.1 Å². The van der Waals surface area contributed by atoms with Crippen LogP contribution in [0.1, 0.15) is 117 Å². The quantitative estimate of drug-likeness (QED) is 0.270. The molecule has 3 fully saturated rings. The van der Waals surface area contributed by atoms with Crippen LogP contribution in [0.5, 0.6) is 0 Å². The van der Waals surface area contributed by atoms with Gasteiger partial charge in [0.2, 0.25) is 0 Å². The molecule has 0 spiro atoms. The second-order valence-electron chi connectivity index (χ2n) is 14.2. The van der Waals surface area contributed by atoms with Gasteiger partial charge in [0, 0.05) is 18.3 Å². The van der Waals surface area contributed by atoms with Gasteiger partial charge < -0.3 is 9.72 Å². The van der Waals surface area contributed by atoms with Crippen molar-refractivity contribution in [2.24, 2.45) is 46.3 Å². The lowest BCUT2D eigenvalue weighted by atomic mass is 9.47. The van der Waals surface area contributed by atoms with E-state index in [4.69, 9.17) is 4.74 Å². The minimum atomic E-state index is -0.0644. The summed E-state index contributed by atoms with van der Waals surface area (Å²) in [6.07, 6.45) is 21.6. The molecule has 4 nitrogen and oxygen atoms in total. The molecule has 0 saturated heterocycles. The first-order valence-electron chi connectivity index (χ1n) is 15.6. The first kappa shape index (κ1) is 27.0. The van der Waals surface area contributed by atoms with Crippen LogP contribution < -0.4 is 0 Å². The van der Waals surface area contributed by atoms with Gasteiger partial charge in [-0.1, -0.05) is 65.5 Å². The number of allylic oxidation sites excluding steroid dienone is 1. The Hall–Kier alpha value is -1.58. The highest BCUT2D eigenvalue weighted by atomic mass is 16.5. The third kappa shape index (κ3) is 5.33. The Morgan fingerprint density at radius 2 is 1.95 bits per heavy atom. The Bertz CT molecular complexity index is 952. The van der Waals surface area contributed by atoms with Crippen LogP contribution in [0.3, 0.4) is 0 Å². The van der Waals surface area contributed by atoms with Crippen LogP contribution in [0.4, 0.5) is 0 Å². The zero-order valence-corrected chi connectivity index (χ0v) is 24.2. The Balaban J connectivity index is 1.20. The number of carbonyl (C=O) groups excluding carboxylic acids is 1. The van der Waals surface area contributed by atoms with E-state index in [0.717, 1.165) is 54.0 Å². The molecule has 0 radical (unpaired) electrons. The van der Waals surface area contributed by atoms with Crippen LogP contribution in [0.2, 0.25) is 0 Å². The predicted octanol–water partition coefficient (Wildman–Crippen LogP) is 8.30. The number of aromatic nitrogens is 2. The van der Waals surface area contributed by atoms with Crippen molar-refractivity contribution in [3.05, 3.63) is 29.9 Å². The molecular formula is C33H52N2O2. The third-order valence-electron chi connectivity index (χ3n) is 11.7. The molecule has 8 unspecified atom stereocenters. The lowest BCUT2D eigenvalue weighted by molar-refractivity contribution is -0.151. The normalized spacial score (nSPS) is 37.9. The molecule has 1 N–H and O–H groups in total. The van der Waals surface area contributed by atoms with E-state index in [1.165, 1.54) is 57.8 Å². The highest BCUT2D eigenvalue weighted by Gasteiger charge is 2.59. The largest absolute Gasteiger partial charge is 0.462 e. The number of hydrogen-bond donors (Lipinski definition) is 1. The van der Waals surface area contributed by atoms with Gasteiger partial charge in [-0.05, 0) is 97.7 Å². The van der Waals surface area contributed by atoms with Crippen molar-refractivity contribution < 1.29 is 9.53 Å². The van der Waals surface area contributed by atoms with Gasteiger partial charge >= 0.3 is 5.97 Å². The van der Waals surface area contributed by atoms with Crippen molar-refractivity contribution in [1.82, 2.24) is 9.97 Å². The van der Waals surface area contributed by atoms with Crippen molar-refractivity contribution in [2.45, 2.75) is 124 Å². The summed E-state index contributed by atoms with van der Waals surface area (Å²) in [6, 6.07) is 0. The molecule has 4 aliphatic rings. The standard InChI is InChI=1S/C33H52N2O2/c1-22(2)7-6-8-23(3)28-12-13-29-27-11-9-24-19-26(37-31(36)14-10-25-20-34-21-35-25)15-17-32(24,4)30(27)16-18-33(28,29)5/h9,20-23,26-30H,6-8,10-19H2,1-5H3,(H,34,35). The van der Waals surface area contributed by atoms with Gasteiger partial charge in [0.1, 0.15) is 6.10 Å². The highest BCUT2D eigenvalue weighted by Crippen LogP contribution is 2.67. The molecule has 5 rings (SSSR count). The summed E-state index contributed by atoms with van der Waals surface area (Å²) in [7, 11) is 0. The molecule has 1 heterocycles. The fourth-order valence-corrected chi connectivity index (χ4v) is 9.66. The van der Waals surface area contributed by atoms with E-state index in [2.05, 4.69) is 50.7 Å². The van der Waals surface area contributed by atoms with Gasteiger partial charge in [-0.25, -0.2) is 4.98 Å². The molecule has 8 atom stereocenters. The molecule has 37 heavy (non-hydrogen) atoms. The first-order chi connectivity index (χ1) is 17.7. The van der Waals surface area contributed by atoms with Crippen molar-refractivity contribution in [3.63, 3.8) is 0 Å². The number of rotatable bonds is 9. The molecule has 4 aliphatic carbocycles. The number of ether oxygens (including phenoxy) is 1. The van der Waals surface area contributed by atoms with Crippen LogP contribution in [-0.4, -0.2) is 22.0 Å². The number of nitrogens with zero attached hydrogens (tertiary/aromatic N) is 1. The van der Waals surface area contributed by atoms with Crippen LogP contribution in [-0.2, 0) is 16.0 Å². The fourth-order valence-electron chi connectivity index (χ4n) is 9.66. The maximum atomic E-state index is 12.5. The van der Waals surface area contributed by atoms with Gasteiger partial charge in [0.05, 0.1) is 12.7 Å². The molecule has 0 aliphatic heterocycles.